The van der Waals surface area contributed by atoms with Crippen LogP contribution in [0.15, 0.2) is 16.6 Å². The molecule has 0 aromatic heterocycles. The van der Waals surface area contributed by atoms with E-state index in [1.165, 1.54) is 11.1 Å². The molecule has 0 spiro atoms. The molecule has 1 aromatic carbocycles. The van der Waals surface area contributed by atoms with Gasteiger partial charge in [-0.3, -0.25) is 0 Å². The number of halogens is 1. The highest BCUT2D eigenvalue weighted by atomic mass is 79.9. The predicted octanol–water partition coefficient (Wildman–Crippen LogP) is 2.62. The second-order valence-corrected chi connectivity index (χ2v) is 4.11. The third-order valence-corrected chi connectivity index (χ3v) is 3.13. The van der Waals surface area contributed by atoms with Crippen LogP contribution >= 0.6 is 15.9 Å². The number of hydrogen-bond donors (Lipinski definition) is 1. The molecule has 2 nitrogen and oxygen atoms in total. The molecule has 1 N–H and O–H groups in total. The van der Waals surface area contributed by atoms with Crippen LogP contribution in [-0.4, -0.2) is 7.11 Å². The highest BCUT2D eigenvalue weighted by Gasteiger charge is 2.22. The molecular weight excluding hydrogens is 230 g/mol. The van der Waals surface area contributed by atoms with Crippen LogP contribution in [0.25, 0.3) is 0 Å². The lowest BCUT2D eigenvalue weighted by Gasteiger charge is -2.09. The average molecular weight is 242 g/mol. The van der Waals surface area contributed by atoms with E-state index in [2.05, 4.69) is 34.2 Å². The molecule has 0 amide bonds. The molecule has 3 heteroatoms. The Morgan fingerprint density at radius 2 is 2.31 bits per heavy atom. The summed E-state index contributed by atoms with van der Waals surface area (Å²) in [6.07, 6.45) is 0. The summed E-state index contributed by atoms with van der Waals surface area (Å²) in [4.78, 5) is 0. The van der Waals surface area contributed by atoms with Crippen molar-refractivity contribution in [2.75, 3.05) is 7.11 Å². The maximum Gasteiger partial charge on any atom is 0.137 e. The van der Waals surface area contributed by atoms with Crippen LogP contribution in [0.5, 0.6) is 5.75 Å². The van der Waals surface area contributed by atoms with Gasteiger partial charge in [0.15, 0.2) is 0 Å². The molecule has 0 saturated heterocycles. The number of nitrogens with one attached hydrogen (secondary N) is 1. The molecule has 2 rings (SSSR count). The van der Waals surface area contributed by atoms with Crippen LogP contribution in [0.3, 0.4) is 0 Å². The zero-order valence-electron chi connectivity index (χ0n) is 7.73. The summed E-state index contributed by atoms with van der Waals surface area (Å²) in [6, 6.07) is 4.63. The van der Waals surface area contributed by atoms with E-state index < -0.39 is 0 Å². The van der Waals surface area contributed by atoms with Crippen molar-refractivity contribution < 1.29 is 4.74 Å². The maximum absolute atomic E-state index is 5.35. The SMILES string of the molecule is COc1c(Br)ccc2c1CN[C@H]2C. The number of benzene rings is 1. The second kappa shape index (κ2) is 3.31. The van der Waals surface area contributed by atoms with Crippen LogP contribution < -0.4 is 10.1 Å². The second-order valence-electron chi connectivity index (χ2n) is 3.25. The van der Waals surface area contributed by atoms with E-state index in [1.54, 1.807) is 7.11 Å². The van der Waals surface area contributed by atoms with E-state index >= 15 is 0 Å². The fourth-order valence-corrected chi connectivity index (χ4v) is 2.32. The number of methoxy groups -OCH3 is 1. The van der Waals surface area contributed by atoms with Gasteiger partial charge in [-0.05, 0) is 34.5 Å². The first-order valence-electron chi connectivity index (χ1n) is 4.32. The topological polar surface area (TPSA) is 21.3 Å². The van der Waals surface area contributed by atoms with E-state index in [9.17, 15) is 0 Å². The van der Waals surface area contributed by atoms with Gasteiger partial charge in [0.2, 0.25) is 0 Å². The lowest BCUT2D eigenvalue weighted by molar-refractivity contribution is 0.407. The quantitative estimate of drug-likeness (QED) is 0.817. The summed E-state index contributed by atoms with van der Waals surface area (Å²) in [5.74, 6) is 0.967. The third kappa shape index (κ3) is 1.36. The number of fused-ring (bicyclic) bond motifs is 1. The molecule has 0 radical (unpaired) electrons. The Bertz CT molecular complexity index is 338. The van der Waals surface area contributed by atoms with Gasteiger partial charge in [0.1, 0.15) is 5.75 Å². The van der Waals surface area contributed by atoms with Gasteiger partial charge in [-0.15, -0.1) is 0 Å². The summed E-state index contributed by atoms with van der Waals surface area (Å²) in [5, 5.41) is 3.39. The maximum atomic E-state index is 5.35. The minimum absolute atomic E-state index is 0.442. The van der Waals surface area contributed by atoms with Crippen molar-refractivity contribution in [1.29, 1.82) is 0 Å². The number of rotatable bonds is 1. The molecule has 1 aromatic rings. The van der Waals surface area contributed by atoms with E-state index in [4.69, 9.17) is 4.74 Å². The molecule has 1 atom stereocenters. The van der Waals surface area contributed by atoms with Crippen molar-refractivity contribution in [3.05, 3.63) is 27.7 Å². The van der Waals surface area contributed by atoms with Crippen LogP contribution in [0.1, 0.15) is 24.1 Å². The van der Waals surface area contributed by atoms with Crippen molar-refractivity contribution in [1.82, 2.24) is 5.32 Å². The van der Waals surface area contributed by atoms with Crippen molar-refractivity contribution in [3.63, 3.8) is 0 Å². The summed E-state index contributed by atoms with van der Waals surface area (Å²) in [6.45, 7) is 3.07. The molecule has 0 fully saturated rings. The van der Waals surface area contributed by atoms with Crippen molar-refractivity contribution >= 4 is 15.9 Å². The Kier molecular flexibility index (Phi) is 2.30. The van der Waals surface area contributed by atoms with Crippen molar-refractivity contribution in [2.45, 2.75) is 19.5 Å². The molecular formula is C10H12BrNO. The summed E-state index contributed by atoms with van der Waals surface area (Å²) < 4.78 is 6.38. The Hall–Kier alpha value is -0.540. The van der Waals surface area contributed by atoms with Gasteiger partial charge < -0.3 is 10.1 Å². The lowest BCUT2D eigenvalue weighted by atomic mass is 10.1. The first-order chi connectivity index (χ1) is 6.24. The summed E-state index contributed by atoms with van der Waals surface area (Å²) in [5.41, 5.74) is 2.63. The predicted molar refractivity (Wildman–Crippen MR) is 55.9 cm³/mol. The van der Waals surface area contributed by atoms with Gasteiger partial charge in [0.25, 0.3) is 0 Å². The van der Waals surface area contributed by atoms with Crippen LogP contribution in [-0.2, 0) is 6.54 Å². The van der Waals surface area contributed by atoms with Gasteiger partial charge in [-0.2, -0.15) is 0 Å². The van der Waals surface area contributed by atoms with Gasteiger partial charge in [0, 0.05) is 18.2 Å². The molecule has 1 aliphatic heterocycles. The molecule has 0 saturated carbocycles. The molecule has 1 heterocycles. The zero-order valence-corrected chi connectivity index (χ0v) is 9.31. The van der Waals surface area contributed by atoms with Gasteiger partial charge in [-0.1, -0.05) is 6.07 Å². The molecule has 0 aliphatic carbocycles. The summed E-state index contributed by atoms with van der Waals surface area (Å²) in [7, 11) is 1.71. The standard InChI is InChI=1S/C10H12BrNO/c1-6-7-3-4-9(11)10(13-2)8(7)5-12-6/h3-4,6,12H,5H2,1-2H3/t6-/m0/s1. The Morgan fingerprint density at radius 1 is 1.54 bits per heavy atom. The minimum atomic E-state index is 0.442. The first-order valence-corrected chi connectivity index (χ1v) is 5.12. The smallest absolute Gasteiger partial charge is 0.137 e. The number of ether oxygens (including phenoxy) is 1. The molecule has 0 unspecified atom stereocenters. The first kappa shape index (κ1) is 9.03. The summed E-state index contributed by atoms with van der Waals surface area (Å²) >= 11 is 3.48. The highest BCUT2D eigenvalue weighted by molar-refractivity contribution is 9.10. The van der Waals surface area contributed by atoms with Gasteiger partial charge >= 0.3 is 0 Å². The zero-order chi connectivity index (χ0) is 9.42. The van der Waals surface area contributed by atoms with E-state index in [0.29, 0.717) is 6.04 Å². The number of hydrogen-bond acceptors (Lipinski definition) is 2. The Balaban J connectivity index is 2.57. The lowest BCUT2D eigenvalue weighted by Crippen LogP contribution is -2.06. The van der Waals surface area contributed by atoms with E-state index in [1.807, 2.05) is 6.07 Å². The van der Waals surface area contributed by atoms with Crippen LogP contribution in [0.4, 0.5) is 0 Å². The fraction of sp³-hybridized carbons (Fsp3) is 0.400. The monoisotopic (exact) mass is 241 g/mol. The Labute approximate surface area is 86.4 Å². The molecule has 70 valence electrons. The van der Waals surface area contributed by atoms with Gasteiger partial charge in [-0.25, -0.2) is 0 Å². The average Bonchev–Trinajstić information content (AvgIpc) is 2.48. The Morgan fingerprint density at radius 3 is 3.00 bits per heavy atom. The molecule has 13 heavy (non-hydrogen) atoms. The molecule has 0 bridgehead atoms. The minimum Gasteiger partial charge on any atom is -0.495 e. The third-order valence-electron chi connectivity index (χ3n) is 2.50. The normalized spacial score (nSPS) is 20.1. The van der Waals surface area contributed by atoms with Crippen molar-refractivity contribution in [2.24, 2.45) is 0 Å². The van der Waals surface area contributed by atoms with Crippen LogP contribution in [0, 0.1) is 0 Å². The van der Waals surface area contributed by atoms with E-state index in [-0.39, 0.29) is 0 Å². The van der Waals surface area contributed by atoms with Crippen LogP contribution in [0.2, 0.25) is 0 Å². The highest BCUT2D eigenvalue weighted by Crippen LogP contribution is 2.37. The van der Waals surface area contributed by atoms with Crippen molar-refractivity contribution in [3.8, 4) is 5.75 Å². The largest absolute Gasteiger partial charge is 0.495 e. The molecule has 1 aliphatic rings. The van der Waals surface area contributed by atoms with E-state index in [0.717, 1.165) is 16.8 Å². The fourth-order valence-electron chi connectivity index (χ4n) is 1.79. The van der Waals surface area contributed by atoms with Gasteiger partial charge in [0.05, 0.1) is 11.6 Å².